The number of rotatable bonds is 6. The van der Waals surface area contributed by atoms with E-state index in [4.69, 9.17) is 16.3 Å². The van der Waals surface area contributed by atoms with Gasteiger partial charge in [0, 0.05) is 5.03 Å². The number of aryl methyl sites for hydroxylation is 2. The molecule has 0 bridgehead atoms. The molecule has 4 heteroatoms. The maximum Gasteiger partial charge on any atom is 0.223 e. The quantitative estimate of drug-likeness (QED) is 0.861. The summed E-state index contributed by atoms with van der Waals surface area (Å²) in [6.45, 7) is 8.13. The van der Waals surface area contributed by atoms with E-state index in [1.165, 1.54) is 0 Å². The summed E-state index contributed by atoms with van der Waals surface area (Å²) in [6.07, 6.45) is 0.303. The van der Waals surface area contributed by atoms with Crippen LogP contribution in [-0.4, -0.2) is 19.1 Å². The maximum absolute atomic E-state index is 11.4. The lowest BCUT2D eigenvalue weighted by molar-refractivity contribution is -0.121. The Balaban J connectivity index is 2.35. The molecule has 1 rings (SSSR count). The highest BCUT2D eigenvalue weighted by molar-refractivity contribution is 6.29. The molecule has 0 saturated heterocycles. The van der Waals surface area contributed by atoms with Gasteiger partial charge in [0.05, 0.1) is 19.6 Å². The van der Waals surface area contributed by atoms with Gasteiger partial charge in [-0.05, 0) is 31.0 Å². The number of halogens is 1. The molecule has 18 heavy (non-hydrogen) atoms. The minimum atomic E-state index is -0.0953. The Morgan fingerprint density at radius 1 is 1.44 bits per heavy atom. The van der Waals surface area contributed by atoms with Gasteiger partial charge in [0.1, 0.15) is 5.75 Å². The highest BCUT2D eigenvalue weighted by Crippen LogP contribution is 2.19. The van der Waals surface area contributed by atoms with Gasteiger partial charge in [-0.3, -0.25) is 4.79 Å². The number of carbonyl (C=O) groups is 1. The highest BCUT2D eigenvalue weighted by Gasteiger charge is 2.03. The van der Waals surface area contributed by atoms with Gasteiger partial charge in [-0.2, -0.15) is 0 Å². The van der Waals surface area contributed by atoms with Gasteiger partial charge in [-0.1, -0.05) is 30.3 Å². The summed E-state index contributed by atoms with van der Waals surface area (Å²) in [4.78, 5) is 11.4. The van der Waals surface area contributed by atoms with E-state index < -0.39 is 0 Å². The smallest absolute Gasteiger partial charge is 0.223 e. The first-order chi connectivity index (χ1) is 8.49. The number of ether oxygens (including phenoxy) is 1. The molecule has 0 atom stereocenters. The van der Waals surface area contributed by atoms with Crippen molar-refractivity contribution in [3.8, 4) is 5.75 Å². The van der Waals surface area contributed by atoms with Crippen LogP contribution in [0.1, 0.15) is 17.5 Å². The van der Waals surface area contributed by atoms with E-state index in [9.17, 15) is 4.79 Å². The summed E-state index contributed by atoms with van der Waals surface area (Å²) in [7, 11) is 0. The third-order valence-corrected chi connectivity index (χ3v) is 2.54. The summed E-state index contributed by atoms with van der Waals surface area (Å²) >= 11 is 5.55. The number of hydrogen-bond acceptors (Lipinski definition) is 2. The first-order valence-electron chi connectivity index (χ1n) is 5.79. The molecule has 0 unspecified atom stereocenters. The molecular formula is C14H18ClNO2. The second kappa shape index (κ2) is 7.07. The monoisotopic (exact) mass is 267 g/mol. The Labute approximate surface area is 113 Å². The molecule has 0 fully saturated rings. The van der Waals surface area contributed by atoms with Crippen molar-refractivity contribution in [2.45, 2.75) is 20.3 Å². The predicted molar refractivity (Wildman–Crippen MR) is 74.0 cm³/mol. The van der Waals surface area contributed by atoms with Crippen LogP contribution < -0.4 is 10.1 Å². The topological polar surface area (TPSA) is 38.3 Å². The van der Waals surface area contributed by atoms with Crippen molar-refractivity contribution >= 4 is 17.5 Å². The lowest BCUT2D eigenvalue weighted by Gasteiger charge is -2.10. The van der Waals surface area contributed by atoms with Crippen molar-refractivity contribution in [2.75, 3.05) is 13.2 Å². The highest BCUT2D eigenvalue weighted by atomic mass is 35.5. The number of nitrogens with one attached hydrogen (secondary N) is 1. The van der Waals surface area contributed by atoms with E-state index in [1.54, 1.807) is 0 Å². The van der Waals surface area contributed by atoms with E-state index in [2.05, 4.69) is 11.9 Å². The third-order valence-electron chi connectivity index (χ3n) is 2.41. The van der Waals surface area contributed by atoms with Crippen LogP contribution in [0.15, 0.2) is 29.8 Å². The fourth-order valence-electron chi connectivity index (χ4n) is 1.40. The molecule has 0 spiro atoms. The zero-order valence-corrected chi connectivity index (χ0v) is 11.5. The second-order valence-electron chi connectivity index (χ2n) is 4.16. The van der Waals surface area contributed by atoms with Crippen LogP contribution in [0.4, 0.5) is 0 Å². The summed E-state index contributed by atoms with van der Waals surface area (Å²) < 4.78 is 5.58. The van der Waals surface area contributed by atoms with E-state index >= 15 is 0 Å². The molecule has 1 aromatic carbocycles. The second-order valence-corrected chi connectivity index (χ2v) is 4.70. The molecule has 0 aliphatic carbocycles. The number of benzene rings is 1. The summed E-state index contributed by atoms with van der Waals surface area (Å²) in [5.41, 5.74) is 2.20. The third kappa shape index (κ3) is 5.23. The van der Waals surface area contributed by atoms with Crippen LogP contribution in [0.2, 0.25) is 0 Å². The van der Waals surface area contributed by atoms with Gasteiger partial charge in [0.2, 0.25) is 5.91 Å². The van der Waals surface area contributed by atoms with Crippen LogP contribution in [0.3, 0.4) is 0 Å². The SMILES string of the molecule is C=C(Cl)CNC(=O)CCOc1cc(C)ccc1C. The predicted octanol–water partition coefficient (Wildman–Crippen LogP) is 2.94. The Bertz CT molecular complexity index is 443. The zero-order valence-electron chi connectivity index (χ0n) is 10.8. The van der Waals surface area contributed by atoms with Crippen molar-refractivity contribution in [3.63, 3.8) is 0 Å². The van der Waals surface area contributed by atoms with Gasteiger partial charge >= 0.3 is 0 Å². The Kier molecular flexibility index (Phi) is 5.72. The fraction of sp³-hybridized carbons (Fsp3) is 0.357. The maximum atomic E-state index is 11.4. The number of amides is 1. The molecule has 0 radical (unpaired) electrons. The molecule has 1 amide bonds. The van der Waals surface area contributed by atoms with E-state index in [-0.39, 0.29) is 5.91 Å². The lowest BCUT2D eigenvalue weighted by atomic mass is 10.1. The normalized spacial score (nSPS) is 9.94. The van der Waals surface area contributed by atoms with Crippen LogP contribution in [0, 0.1) is 13.8 Å². The van der Waals surface area contributed by atoms with Crippen LogP contribution in [0.25, 0.3) is 0 Å². The molecular weight excluding hydrogens is 250 g/mol. The number of hydrogen-bond donors (Lipinski definition) is 1. The van der Waals surface area contributed by atoms with Crippen molar-refractivity contribution in [1.82, 2.24) is 5.32 Å². The Morgan fingerprint density at radius 2 is 2.17 bits per heavy atom. The van der Waals surface area contributed by atoms with Crippen molar-refractivity contribution in [2.24, 2.45) is 0 Å². The molecule has 0 aromatic heterocycles. The largest absolute Gasteiger partial charge is 0.493 e. The molecule has 1 aromatic rings. The van der Waals surface area contributed by atoms with Crippen LogP contribution >= 0.6 is 11.6 Å². The van der Waals surface area contributed by atoms with Gasteiger partial charge in [-0.15, -0.1) is 0 Å². The van der Waals surface area contributed by atoms with E-state index in [1.807, 2.05) is 32.0 Å². The molecule has 0 saturated carbocycles. The van der Waals surface area contributed by atoms with Crippen molar-refractivity contribution < 1.29 is 9.53 Å². The molecule has 0 heterocycles. The van der Waals surface area contributed by atoms with Gasteiger partial charge in [0.15, 0.2) is 0 Å². The number of carbonyl (C=O) groups excluding carboxylic acids is 1. The first kappa shape index (κ1) is 14.6. The Hall–Kier alpha value is -1.48. The summed E-state index contributed by atoms with van der Waals surface area (Å²) in [5, 5.41) is 3.06. The summed E-state index contributed by atoms with van der Waals surface area (Å²) in [6, 6.07) is 6.00. The zero-order chi connectivity index (χ0) is 13.5. The van der Waals surface area contributed by atoms with E-state index in [0.29, 0.717) is 24.6 Å². The fourth-order valence-corrected chi connectivity index (χ4v) is 1.47. The minimum absolute atomic E-state index is 0.0953. The van der Waals surface area contributed by atoms with Crippen LogP contribution in [-0.2, 0) is 4.79 Å². The van der Waals surface area contributed by atoms with E-state index in [0.717, 1.165) is 16.9 Å². The molecule has 1 N–H and O–H groups in total. The molecule has 3 nitrogen and oxygen atoms in total. The average Bonchev–Trinajstić information content (AvgIpc) is 2.31. The van der Waals surface area contributed by atoms with Crippen LogP contribution in [0.5, 0.6) is 5.75 Å². The molecule has 98 valence electrons. The van der Waals surface area contributed by atoms with Gasteiger partial charge in [-0.25, -0.2) is 0 Å². The molecule has 0 aliphatic heterocycles. The summed E-state index contributed by atoms with van der Waals surface area (Å²) in [5.74, 6) is 0.728. The Morgan fingerprint density at radius 3 is 2.83 bits per heavy atom. The van der Waals surface area contributed by atoms with Crippen molar-refractivity contribution in [1.29, 1.82) is 0 Å². The lowest BCUT2D eigenvalue weighted by Crippen LogP contribution is -2.25. The average molecular weight is 268 g/mol. The minimum Gasteiger partial charge on any atom is -0.493 e. The first-order valence-corrected chi connectivity index (χ1v) is 6.17. The van der Waals surface area contributed by atoms with Gasteiger partial charge < -0.3 is 10.1 Å². The standard InChI is InChI=1S/C14H18ClNO2/c1-10-4-5-11(2)13(8-10)18-7-6-14(17)16-9-12(3)15/h4-5,8H,3,6-7,9H2,1-2H3,(H,16,17). The molecule has 0 aliphatic rings. The van der Waals surface area contributed by atoms with Crippen molar-refractivity contribution in [3.05, 3.63) is 40.9 Å². The van der Waals surface area contributed by atoms with Gasteiger partial charge in [0.25, 0.3) is 0 Å².